The molecular formula is C22H24F2N6OS2. The molecule has 2 unspecified atom stereocenters. The summed E-state index contributed by atoms with van der Waals surface area (Å²) in [7, 11) is 0. The third-order valence-corrected chi connectivity index (χ3v) is 7.57. The minimum absolute atomic E-state index is 0.0882. The van der Waals surface area contributed by atoms with Gasteiger partial charge in [-0.25, -0.2) is 14.4 Å². The van der Waals surface area contributed by atoms with Crippen LogP contribution >= 0.6 is 23.3 Å². The van der Waals surface area contributed by atoms with E-state index in [1.807, 2.05) is 6.26 Å². The minimum Gasteiger partial charge on any atom is -0.470 e. The fourth-order valence-electron chi connectivity index (χ4n) is 4.44. The van der Waals surface area contributed by atoms with Gasteiger partial charge in [-0.2, -0.15) is 13.7 Å². The van der Waals surface area contributed by atoms with Crippen LogP contribution in [0.1, 0.15) is 44.9 Å². The largest absolute Gasteiger partial charge is 0.470 e. The summed E-state index contributed by atoms with van der Waals surface area (Å²) in [4.78, 5) is 15.7. The second-order valence-electron chi connectivity index (χ2n) is 8.50. The van der Waals surface area contributed by atoms with Gasteiger partial charge in [0, 0.05) is 34.8 Å². The molecule has 4 heterocycles. The van der Waals surface area contributed by atoms with Crippen molar-refractivity contribution in [2.75, 3.05) is 16.5 Å². The summed E-state index contributed by atoms with van der Waals surface area (Å²) in [5, 5.41) is 3.62. The maximum Gasteiger partial charge on any atom is 0.256 e. The van der Waals surface area contributed by atoms with Crippen molar-refractivity contribution in [2.45, 2.75) is 62.1 Å². The molecule has 3 aromatic rings. The average Bonchev–Trinajstić information content (AvgIpc) is 3.52. The van der Waals surface area contributed by atoms with E-state index >= 15 is 4.39 Å². The van der Waals surface area contributed by atoms with Gasteiger partial charge in [-0.1, -0.05) is 13.8 Å². The molecule has 0 radical (unpaired) electrons. The van der Waals surface area contributed by atoms with E-state index in [9.17, 15) is 4.39 Å². The molecule has 0 spiro atoms. The first-order valence-electron chi connectivity index (χ1n) is 10.8. The van der Waals surface area contributed by atoms with E-state index in [4.69, 9.17) is 9.72 Å². The number of fused-ring (bicyclic) bond motifs is 2. The number of rotatable bonds is 7. The number of nitrogens with one attached hydrogen (secondary N) is 1. The van der Waals surface area contributed by atoms with Crippen molar-refractivity contribution in [3.8, 4) is 5.88 Å². The van der Waals surface area contributed by atoms with E-state index in [1.165, 1.54) is 35.7 Å². The predicted octanol–water partition coefficient (Wildman–Crippen LogP) is 5.38. The number of hydrogen-bond acceptors (Lipinski definition) is 9. The van der Waals surface area contributed by atoms with Gasteiger partial charge in [-0.3, -0.25) is 0 Å². The van der Waals surface area contributed by atoms with Crippen molar-refractivity contribution in [1.29, 1.82) is 0 Å². The summed E-state index contributed by atoms with van der Waals surface area (Å²) >= 11 is 2.83. The highest BCUT2D eigenvalue weighted by atomic mass is 32.2. The first kappa shape index (κ1) is 22.3. The molecule has 1 N–H and O–H groups in total. The number of thioether (sulfide) groups is 1. The topological polar surface area (TPSA) is 76.1 Å². The van der Waals surface area contributed by atoms with Crippen molar-refractivity contribution in [3.63, 3.8) is 0 Å². The molecule has 0 saturated carbocycles. The number of anilines is 3. The number of ether oxygens (including phenoxy) is 1. The molecule has 2 aliphatic heterocycles. The fraction of sp³-hybridized carbons (Fsp3) is 0.455. The van der Waals surface area contributed by atoms with Crippen molar-refractivity contribution < 1.29 is 13.5 Å². The molecule has 2 bridgehead atoms. The number of aromatic nitrogens is 4. The zero-order chi connectivity index (χ0) is 23.1. The number of halogens is 2. The standard InChI is InChI=1S/C22H24F2N6OS2/c1-11(2)19-28-22(33-29-19)30-12-4-7-16(30)17(8-12)31-21-18(24)20(25-10-26-21)27-15-6-5-13(32-3)9-14(15)23/h5-6,9-12,16-17H,4,7-8H2,1-3H3,(H,25,26,27)/t12?,16?,17-/m0/s1. The van der Waals surface area contributed by atoms with Crippen LogP contribution in [-0.4, -0.2) is 43.8 Å². The Balaban J connectivity index is 1.33. The summed E-state index contributed by atoms with van der Waals surface area (Å²) in [6.45, 7) is 4.14. The Morgan fingerprint density at radius 1 is 1.24 bits per heavy atom. The lowest BCUT2D eigenvalue weighted by atomic mass is 9.98. The molecule has 1 aromatic carbocycles. The van der Waals surface area contributed by atoms with Crippen LogP contribution in [0.2, 0.25) is 0 Å². The second kappa shape index (κ2) is 9.02. The third kappa shape index (κ3) is 4.23. The maximum absolute atomic E-state index is 15.2. The first-order valence-corrected chi connectivity index (χ1v) is 12.8. The van der Waals surface area contributed by atoms with Gasteiger partial charge in [-0.15, -0.1) is 11.8 Å². The van der Waals surface area contributed by atoms with Crippen LogP contribution in [0.5, 0.6) is 5.88 Å². The summed E-state index contributed by atoms with van der Waals surface area (Å²) < 4.78 is 40.0. The normalized spacial score (nSPS) is 21.8. The molecule has 5 rings (SSSR count). The molecule has 0 amide bonds. The summed E-state index contributed by atoms with van der Waals surface area (Å²) in [6, 6.07) is 5.09. The Labute approximate surface area is 199 Å². The quantitative estimate of drug-likeness (QED) is 0.442. The maximum atomic E-state index is 15.2. The van der Waals surface area contributed by atoms with E-state index in [1.54, 1.807) is 12.1 Å². The van der Waals surface area contributed by atoms with Crippen molar-refractivity contribution in [1.82, 2.24) is 19.3 Å². The van der Waals surface area contributed by atoms with Crippen LogP contribution in [0.15, 0.2) is 29.4 Å². The first-order chi connectivity index (χ1) is 15.9. The third-order valence-electron chi connectivity index (χ3n) is 6.10. The van der Waals surface area contributed by atoms with Crippen molar-refractivity contribution >= 4 is 39.9 Å². The Morgan fingerprint density at radius 2 is 2.09 bits per heavy atom. The zero-order valence-corrected chi connectivity index (χ0v) is 20.1. The van der Waals surface area contributed by atoms with E-state index < -0.39 is 11.6 Å². The molecule has 2 saturated heterocycles. The molecule has 33 heavy (non-hydrogen) atoms. The second-order valence-corrected chi connectivity index (χ2v) is 10.1. The van der Waals surface area contributed by atoms with Crippen LogP contribution < -0.4 is 15.0 Å². The van der Waals surface area contributed by atoms with E-state index in [2.05, 4.69) is 38.4 Å². The van der Waals surface area contributed by atoms with Gasteiger partial charge in [0.2, 0.25) is 10.9 Å². The van der Waals surface area contributed by atoms with Gasteiger partial charge in [0.05, 0.1) is 11.7 Å². The van der Waals surface area contributed by atoms with E-state index in [0.29, 0.717) is 6.04 Å². The van der Waals surface area contributed by atoms with Crippen LogP contribution in [0, 0.1) is 11.6 Å². The molecule has 2 aliphatic rings. The molecular weight excluding hydrogens is 466 g/mol. The molecule has 7 nitrogen and oxygen atoms in total. The van der Waals surface area contributed by atoms with Crippen molar-refractivity contribution in [3.05, 3.63) is 42.0 Å². The highest BCUT2D eigenvalue weighted by Gasteiger charge is 2.49. The van der Waals surface area contributed by atoms with E-state index in [0.717, 1.165) is 35.1 Å². The monoisotopic (exact) mass is 490 g/mol. The minimum atomic E-state index is -0.738. The highest BCUT2D eigenvalue weighted by Crippen LogP contribution is 2.43. The molecule has 174 valence electrons. The van der Waals surface area contributed by atoms with E-state index in [-0.39, 0.29) is 35.4 Å². The van der Waals surface area contributed by atoms with Gasteiger partial charge in [0.15, 0.2) is 5.82 Å². The fourth-order valence-corrected chi connectivity index (χ4v) is 5.81. The van der Waals surface area contributed by atoms with Crippen LogP contribution in [0.25, 0.3) is 0 Å². The van der Waals surface area contributed by atoms with Gasteiger partial charge < -0.3 is 15.0 Å². The predicted molar refractivity (Wildman–Crippen MR) is 126 cm³/mol. The average molecular weight is 491 g/mol. The molecule has 2 fully saturated rings. The Hall–Kier alpha value is -2.53. The summed E-state index contributed by atoms with van der Waals surface area (Å²) in [5.74, 6) is -0.367. The molecule has 3 atom stereocenters. The zero-order valence-electron chi connectivity index (χ0n) is 18.5. The van der Waals surface area contributed by atoms with Crippen LogP contribution in [0.3, 0.4) is 0 Å². The lowest BCUT2D eigenvalue weighted by Gasteiger charge is -2.24. The Morgan fingerprint density at radius 3 is 2.82 bits per heavy atom. The summed E-state index contributed by atoms with van der Waals surface area (Å²) in [6.07, 6.45) is 5.62. The SMILES string of the molecule is CSc1ccc(Nc2ncnc(O[C@H]3CC4CCC3N4c3nc(C(C)C)ns3)c2F)c(F)c1. The van der Waals surface area contributed by atoms with Crippen LogP contribution in [-0.2, 0) is 0 Å². The lowest BCUT2D eigenvalue weighted by Crippen LogP contribution is -2.35. The van der Waals surface area contributed by atoms with Crippen molar-refractivity contribution in [2.24, 2.45) is 0 Å². The Kier molecular flexibility index (Phi) is 6.09. The number of hydrogen-bond donors (Lipinski definition) is 1. The number of nitrogens with zero attached hydrogens (tertiary/aromatic N) is 5. The van der Waals surface area contributed by atoms with Gasteiger partial charge in [0.25, 0.3) is 5.88 Å². The van der Waals surface area contributed by atoms with Gasteiger partial charge in [0.1, 0.15) is 24.1 Å². The Bertz CT molecular complexity index is 1160. The smallest absolute Gasteiger partial charge is 0.256 e. The highest BCUT2D eigenvalue weighted by molar-refractivity contribution is 7.98. The summed E-state index contributed by atoms with van der Waals surface area (Å²) in [5.41, 5.74) is 0.139. The molecule has 0 aliphatic carbocycles. The molecule has 2 aromatic heterocycles. The van der Waals surface area contributed by atoms with Crippen LogP contribution in [0.4, 0.5) is 25.4 Å². The number of benzene rings is 1. The lowest BCUT2D eigenvalue weighted by molar-refractivity contribution is 0.158. The molecule has 11 heteroatoms. The van der Waals surface area contributed by atoms with Gasteiger partial charge in [-0.05, 0) is 37.3 Å². The van der Waals surface area contributed by atoms with Gasteiger partial charge >= 0.3 is 0 Å².